The van der Waals surface area contributed by atoms with Crippen molar-refractivity contribution in [3.63, 3.8) is 0 Å². The number of piperidine rings is 1. The van der Waals surface area contributed by atoms with Crippen molar-refractivity contribution in [1.82, 2.24) is 13.6 Å². The fraction of sp³-hybridized carbons (Fsp3) is 0.500. The Balaban J connectivity index is 1.46. The predicted molar refractivity (Wildman–Crippen MR) is 129 cm³/mol. The smallest absolute Gasteiger partial charge is 0.477 e. The minimum absolute atomic E-state index is 0.0606. The molecule has 3 atom stereocenters. The fourth-order valence-corrected chi connectivity index (χ4v) is 6.21. The van der Waals surface area contributed by atoms with E-state index in [1.54, 1.807) is 0 Å². The van der Waals surface area contributed by atoms with Gasteiger partial charge in [-0.05, 0) is 24.0 Å². The summed E-state index contributed by atoms with van der Waals surface area (Å²) in [5.41, 5.74) is 6.68. The molecule has 208 valence electrons. The van der Waals surface area contributed by atoms with Crippen LogP contribution in [0, 0.1) is 5.92 Å². The summed E-state index contributed by atoms with van der Waals surface area (Å²) in [5, 5.41) is 0. The number of halogens is 3. The Labute approximate surface area is 218 Å². The first-order valence-corrected chi connectivity index (χ1v) is 13.4. The topological polar surface area (TPSA) is 124 Å². The molecular weight excluding hydrogens is 529 g/mol. The number of rotatable bonds is 8. The van der Waals surface area contributed by atoms with Crippen molar-refractivity contribution in [2.24, 2.45) is 11.7 Å². The summed E-state index contributed by atoms with van der Waals surface area (Å²) in [7, 11) is -3.72. The van der Waals surface area contributed by atoms with Crippen LogP contribution >= 0.6 is 0 Å². The number of carbonyl (C=O) groups is 1. The summed E-state index contributed by atoms with van der Waals surface area (Å²) in [6.45, 7) is 1.90. The number of nitrogens with two attached hydrogens (primary N) is 1. The summed E-state index contributed by atoms with van der Waals surface area (Å²) >= 11 is 0. The second-order valence-corrected chi connectivity index (χ2v) is 11.0. The van der Waals surface area contributed by atoms with Gasteiger partial charge in [0.2, 0.25) is 5.88 Å². The Morgan fingerprint density at radius 3 is 2.53 bits per heavy atom. The van der Waals surface area contributed by atoms with Gasteiger partial charge in [0.05, 0.1) is 19.8 Å². The van der Waals surface area contributed by atoms with Gasteiger partial charge in [-0.3, -0.25) is 5.73 Å². The second kappa shape index (κ2) is 11.9. The summed E-state index contributed by atoms with van der Waals surface area (Å²) in [6.07, 6.45) is -4.91. The van der Waals surface area contributed by atoms with E-state index in [0.717, 1.165) is 5.56 Å². The molecule has 1 aromatic heterocycles. The quantitative estimate of drug-likeness (QED) is 0.386. The Bertz CT molecular complexity index is 1200. The third-order valence-electron chi connectivity index (χ3n) is 6.42. The molecule has 10 nitrogen and oxygen atoms in total. The molecular formula is C24H29F3N4O6S. The van der Waals surface area contributed by atoms with Crippen LogP contribution in [0.15, 0.2) is 48.7 Å². The highest BCUT2D eigenvalue weighted by Crippen LogP contribution is 2.33. The highest BCUT2D eigenvalue weighted by atomic mass is 32.2. The van der Waals surface area contributed by atoms with E-state index in [1.165, 1.54) is 26.9 Å². The first-order chi connectivity index (χ1) is 18.0. The lowest BCUT2D eigenvalue weighted by Crippen LogP contribution is -2.53. The maximum absolute atomic E-state index is 13.4. The van der Waals surface area contributed by atoms with Crippen LogP contribution in [0.5, 0.6) is 5.88 Å². The normalized spacial score (nSPS) is 22.5. The van der Waals surface area contributed by atoms with Gasteiger partial charge in [0.1, 0.15) is 0 Å². The predicted octanol–water partition coefficient (Wildman–Crippen LogP) is 2.21. The van der Waals surface area contributed by atoms with E-state index in [1.807, 2.05) is 30.3 Å². The lowest BCUT2D eigenvalue weighted by molar-refractivity contribution is -0.205. The average Bonchev–Trinajstić information content (AvgIpc) is 2.92. The zero-order chi connectivity index (χ0) is 27.3. The van der Waals surface area contributed by atoms with Crippen LogP contribution in [-0.2, 0) is 24.5 Å². The number of alkyl halides is 3. The van der Waals surface area contributed by atoms with E-state index >= 15 is 0 Å². The number of hydrogen-bond acceptors (Lipinski definition) is 8. The van der Waals surface area contributed by atoms with Crippen molar-refractivity contribution in [3.05, 3.63) is 59.8 Å². The zero-order valence-electron chi connectivity index (χ0n) is 20.4. The number of morpholine rings is 1. The van der Waals surface area contributed by atoms with E-state index in [4.69, 9.17) is 15.2 Å². The van der Waals surface area contributed by atoms with Crippen molar-refractivity contribution < 1.29 is 40.6 Å². The van der Waals surface area contributed by atoms with Crippen LogP contribution in [0.4, 0.5) is 13.2 Å². The van der Waals surface area contributed by atoms with Crippen LogP contribution in [0.2, 0.25) is 0 Å². The zero-order valence-corrected chi connectivity index (χ0v) is 21.2. The molecule has 1 aromatic carbocycles. The highest BCUT2D eigenvalue weighted by Gasteiger charge is 2.42. The van der Waals surface area contributed by atoms with E-state index in [-0.39, 0.29) is 49.5 Å². The van der Waals surface area contributed by atoms with Crippen molar-refractivity contribution in [1.29, 1.82) is 0 Å². The Hall–Kier alpha value is -2.78. The van der Waals surface area contributed by atoms with Gasteiger partial charge in [0.25, 0.3) is 10.2 Å². The molecule has 2 aromatic rings. The van der Waals surface area contributed by atoms with Gasteiger partial charge in [-0.15, -0.1) is 0 Å². The molecule has 3 heterocycles. The molecule has 2 saturated heterocycles. The number of pyridine rings is 1. The van der Waals surface area contributed by atoms with E-state index in [0.29, 0.717) is 26.2 Å². The molecule has 38 heavy (non-hydrogen) atoms. The Morgan fingerprint density at radius 2 is 1.84 bits per heavy atom. The van der Waals surface area contributed by atoms with Crippen molar-refractivity contribution >= 4 is 16.2 Å². The summed E-state index contributed by atoms with van der Waals surface area (Å²) < 4.78 is 82.6. The summed E-state index contributed by atoms with van der Waals surface area (Å²) in [4.78, 5) is 15.2. The molecule has 0 saturated carbocycles. The molecule has 0 bridgehead atoms. The summed E-state index contributed by atoms with van der Waals surface area (Å²) in [5.74, 6) is -2.61. The lowest BCUT2D eigenvalue weighted by Gasteiger charge is -2.40. The largest absolute Gasteiger partial charge is 0.490 e. The SMILES string of the molecule is NC(OC(=O)C(F)(F)F)c1ccnc(OCC2CC(c3ccccc3)CN(S(=O)(=O)N3CCOCC3)C2)c1. The van der Waals surface area contributed by atoms with E-state index < -0.39 is 28.6 Å². The third-order valence-corrected chi connectivity index (χ3v) is 8.39. The number of nitrogens with zero attached hydrogens (tertiary/aromatic N) is 3. The lowest BCUT2D eigenvalue weighted by atomic mass is 9.86. The number of esters is 1. The fourth-order valence-electron chi connectivity index (χ4n) is 4.51. The van der Waals surface area contributed by atoms with Gasteiger partial charge in [0, 0.05) is 49.9 Å². The van der Waals surface area contributed by atoms with Gasteiger partial charge in [0.15, 0.2) is 6.23 Å². The van der Waals surface area contributed by atoms with Crippen LogP contribution in [-0.4, -0.2) is 80.2 Å². The number of benzene rings is 1. The maximum Gasteiger partial charge on any atom is 0.490 e. The first kappa shape index (κ1) is 28.2. The molecule has 0 spiro atoms. The number of aromatic nitrogens is 1. The maximum atomic E-state index is 13.4. The van der Waals surface area contributed by atoms with Crippen molar-refractivity contribution in [3.8, 4) is 5.88 Å². The van der Waals surface area contributed by atoms with Crippen LogP contribution < -0.4 is 10.5 Å². The molecule has 2 aliphatic heterocycles. The number of ether oxygens (including phenoxy) is 3. The van der Waals surface area contributed by atoms with Gasteiger partial charge >= 0.3 is 12.1 Å². The van der Waals surface area contributed by atoms with Gasteiger partial charge < -0.3 is 14.2 Å². The number of hydrogen-bond donors (Lipinski definition) is 1. The molecule has 14 heteroatoms. The molecule has 0 aliphatic carbocycles. The summed E-state index contributed by atoms with van der Waals surface area (Å²) in [6, 6.07) is 12.2. The molecule has 0 radical (unpaired) electrons. The van der Waals surface area contributed by atoms with Gasteiger partial charge in [-0.25, -0.2) is 9.78 Å². The average molecular weight is 559 g/mol. The van der Waals surface area contributed by atoms with E-state index in [9.17, 15) is 26.4 Å². The first-order valence-electron chi connectivity index (χ1n) is 12.0. The van der Waals surface area contributed by atoms with Crippen molar-refractivity contribution in [2.75, 3.05) is 46.0 Å². The molecule has 2 N–H and O–H groups in total. The highest BCUT2D eigenvalue weighted by molar-refractivity contribution is 7.86. The van der Waals surface area contributed by atoms with Gasteiger partial charge in [-0.1, -0.05) is 30.3 Å². The number of carbonyl (C=O) groups excluding carboxylic acids is 1. The second-order valence-electron chi connectivity index (χ2n) is 9.11. The van der Waals surface area contributed by atoms with Gasteiger partial charge in [-0.2, -0.15) is 30.2 Å². The molecule has 4 rings (SSSR count). The minimum Gasteiger partial charge on any atom is -0.477 e. The van der Waals surface area contributed by atoms with Crippen LogP contribution in [0.25, 0.3) is 0 Å². The molecule has 2 aliphatic rings. The van der Waals surface area contributed by atoms with Crippen LogP contribution in [0.3, 0.4) is 0 Å². The van der Waals surface area contributed by atoms with E-state index in [2.05, 4.69) is 9.72 Å². The standard InChI is InChI=1S/C24H29F3N4O6S/c25-24(26,27)23(32)37-22(28)19-6-7-29-21(13-19)36-16-17-12-20(18-4-2-1-3-5-18)15-31(14-17)38(33,34)30-8-10-35-11-9-30/h1-7,13,17,20,22H,8-12,14-16,28H2. The minimum atomic E-state index is -5.17. The Kier molecular flexibility index (Phi) is 8.88. The third kappa shape index (κ3) is 6.99. The van der Waals surface area contributed by atoms with Crippen molar-refractivity contribution in [2.45, 2.75) is 24.7 Å². The molecule has 2 fully saturated rings. The Morgan fingerprint density at radius 1 is 1.13 bits per heavy atom. The van der Waals surface area contributed by atoms with Crippen LogP contribution in [0.1, 0.15) is 29.7 Å². The molecule has 0 amide bonds. The molecule has 3 unspecified atom stereocenters. The monoisotopic (exact) mass is 558 g/mol.